The Morgan fingerprint density at radius 2 is 1.23 bits per heavy atom. The molecule has 5 rings (SSSR count). The summed E-state index contributed by atoms with van der Waals surface area (Å²) in [5.41, 5.74) is 1.80. The van der Waals surface area contributed by atoms with Gasteiger partial charge in [-0.15, -0.1) is 22.7 Å². The van der Waals surface area contributed by atoms with E-state index in [1.807, 2.05) is 19.1 Å². The first-order chi connectivity index (χ1) is 14.5. The quantitative estimate of drug-likeness (QED) is 0.224. The monoisotopic (exact) mass is 492 g/mol. The first-order valence-corrected chi connectivity index (χ1v) is 12.2. The maximum absolute atomic E-state index is 6.31. The smallest absolute Gasteiger partial charge is 0.224 e. The maximum atomic E-state index is 6.31. The molecule has 0 unspecified atom stereocenters. The van der Waals surface area contributed by atoms with E-state index >= 15 is 0 Å². The summed E-state index contributed by atoms with van der Waals surface area (Å²) in [6.07, 6.45) is 0. The normalized spacial score (nSPS) is 23.3. The number of halogens is 3. The molecule has 1 aliphatic rings. The molecule has 0 radical (unpaired) electrons. The zero-order valence-electron chi connectivity index (χ0n) is 15.7. The van der Waals surface area contributed by atoms with Crippen LogP contribution in [0.4, 0.5) is 0 Å². The van der Waals surface area contributed by atoms with Gasteiger partial charge in [-0.3, -0.25) is 0 Å². The summed E-state index contributed by atoms with van der Waals surface area (Å²) in [6, 6.07) is 12.2. The highest BCUT2D eigenvalue weighted by atomic mass is 35.5. The van der Waals surface area contributed by atoms with Crippen LogP contribution in [0, 0.1) is 6.92 Å². The topological polar surface area (TPSA) is 51.6 Å². The molecule has 1 fully saturated rings. The number of nitrogens with zero attached hydrogens (tertiary/aromatic N) is 4. The second-order valence-corrected chi connectivity index (χ2v) is 10.3. The van der Waals surface area contributed by atoms with Gasteiger partial charge in [-0.05, 0) is 53.6 Å². The highest BCUT2D eigenvalue weighted by molar-refractivity contribution is 7.10. The second-order valence-electron chi connectivity index (χ2n) is 7.18. The molecule has 1 aliphatic carbocycles. The van der Waals surface area contributed by atoms with Gasteiger partial charge in [-0.1, -0.05) is 35.3 Å². The van der Waals surface area contributed by atoms with Crippen molar-refractivity contribution in [3.05, 3.63) is 89.7 Å². The Morgan fingerprint density at radius 1 is 0.700 bits per heavy atom. The van der Waals surface area contributed by atoms with Crippen LogP contribution in [0.3, 0.4) is 0 Å². The van der Waals surface area contributed by atoms with Gasteiger partial charge in [0, 0.05) is 39.1 Å². The van der Waals surface area contributed by atoms with E-state index in [4.69, 9.17) is 39.8 Å². The van der Waals surface area contributed by atoms with Gasteiger partial charge < -0.3 is 0 Å². The van der Waals surface area contributed by atoms with Gasteiger partial charge in [-0.25, -0.2) is 19.9 Å². The summed E-state index contributed by atoms with van der Waals surface area (Å²) in [7, 11) is 0. The van der Waals surface area contributed by atoms with Crippen molar-refractivity contribution in [2.24, 2.45) is 0 Å². The molecule has 4 aromatic heterocycles. The van der Waals surface area contributed by atoms with Crippen LogP contribution in [-0.2, 0) is 0 Å². The molecule has 1 saturated carbocycles. The highest BCUT2D eigenvalue weighted by Gasteiger charge is 2.55. The Balaban J connectivity index is 1.70. The molecule has 4 heterocycles. The van der Waals surface area contributed by atoms with Crippen LogP contribution in [0.15, 0.2) is 47.2 Å². The fourth-order valence-electron chi connectivity index (χ4n) is 4.45. The van der Waals surface area contributed by atoms with Crippen molar-refractivity contribution in [1.82, 2.24) is 19.9 Å². The van der Waals surface area contributed by atoms with Gasteiger partial charge in [0.05, 0.1) is 5.69 Å². The minimum Gasteiger partial charge on any atom is -0.238 e. The second kappa shape index (κ2) is 8.17. The highest BCUT2D eigenvalue weighted by Crippen LogP contribution is 2.67. The molecule has 9 heteroatoms. The van der Waals surface area contributed by atoms with E-state index in [1.165, 1.54) is 9.75 Å². The zero-order chi connectivity index (χ0) is 20.8. The van der Waals surface area contributed by atoms with Crippen LogP contribution in [0.25, 0.3) is 0 Å². The van der Waals surface area contributed by atoms with E-state index in [9.17, 15) is 0 Å². The van der Waals surface area contributed by atoms with E-state index in [2.05, 4.69) is 50.0 Å². The average Bonchev–Trinajstić information content (AvgIpc) is 3.33. The Kier molecular flexibility index (Phi) is 5.54. The Hall–Kier alpha value is -1.57. The Morgan fingerprint density at radius 3 is 1.70 bits per heavy atom. The lowest BCUT2D eigenvalue weighted by atomic mass is 9.53. The molecule has 0 aliphatic heterocycles. The van der Waals surface area contributed by atoms with Crippen LogP contribution >= 0.6 is 57.5 Å². The third-order valence-electron chi connectivity index (χ3n) is 5.49. The van der Waals surface area contributed by atoms with Gasteiger partial charge >= 0.3 is 0 Å². The number of thiophene rings is 2. The number of aromatic nitrogens is 4. The molecule has 0 spiro atoms. The molecular formula is C21H15Cl3N4S2. The van der Waals surface area contributed by atoms with Crippen LogP contribution in [0.5, 0.6) is 0 Å². The molecular weight excluding hydrogens is 479 g/mol. The lowest BCUT2D eigenvalue weighted by molar-refractivity contribution is 0.226. The first-order valence-electron chi connectivity index (χ1n) is 9.29. The fraction of sp³-hybridized carbons (Fsp3) is 0.238. The van der Waals surface area contributed by atoms with Crippen molar-refractivity contribution < 1.29 is 0 Å². The Bertz CT molecular complexity index is 1040. The minimum absolute atomic E-state index is 0.0966. The lowest BCUT2D eigenvalue weighted by Gasteiger charge is -2.51. The molecule has 2 atom stereocenters. The van der Waals surface area contributed by atoms with Crippen molar-refractivity contribution in [2.75, 3.05) is 0 Å². The van der Waals surface area contributed by atoms with Gasteiger partial charge in [0.2, 0.25) is 5.28 Å². The fourth-order valence-corrected chi connectivity index (χ4v) is 6.96. The molecule has 0 N–H and O–H groups in total. The predicted octanol–water partition coefficient (Wildman–Crippen LogP) is 7.11. The van der Waals surface area contributed by atoms with Crippen LogP contribution in [-0.4, -0.2) is 19.9 Å². The zero-order valence-corrected chi connectivity index (χ0v) is 19.6. The summed E-state index contributed by atoms with van der Waals surface area (Å²) in [5, 5.41) is 5.17. The summed E-state index contributed by atoms with van der Waals surface area (Å²) < 4.78 is 0. The standard InChI is InChI=1S/C21H15Cl3N4S2/c1-10-25-11(8-15(22)26-10)17-19(13-4-2-6-29-13)18(20(17)14-5-3-7-30-14)12-9-16(23)28-21(24)27-12/h2-9,17-20H,1H3/t17?,18?,19-,20-/m1/s1. The lowest BCUT2D eigenvalue weighted by Crippen LogP contribution is -2.40. The minimum atomic E-state index is 0.0966. The van der Waals surface area contributed by atoms with E-state index in [-0.39, 0.29) is 29.0 Å². The molecule has 0 amide bonds. The molecule has 30 heavy (non-hydrogen) atoms. The van der Waals surface area contributed by atoms with Crippen molar-refractivity contribution in [3.8, 4) is 0 Å². The van der Waals surface area contributed by atoms with Crippen molar-refractivity contribution in [1.29, 1.82) is 0 Å². The van der Waals surface area contributed by atoms with Gasteiger partial charge in [0.15, 0.2) is 0 Å². The van der Waals surface area contributed by atoms with E-state index in [1.54, 1.807) is 22.7 Å². The molecule has 0 saturated heterocycles. The molecule has 0 aromatic carbocycles. The number of aryl methyl sites for hydroxylation is 1. The van der Waals surface area contributed by atoms with E-state index in [0.29, 0.717) is 16.1 Å². The van der Waals surface area contributed by atoms with Crippen LogP contribution in [0.1, 0.15) is 50.6 Å². The van der Waals surface area contributed by atoms with Gasteiger partial charge in [0.25, 0.3) is 0 Å². The number of hydrogen-bond donors (Lipinski definition) is 0. The predicted molar refractivity (Wildman–Crippen MR) is 123 cm³/mol. The van der Waals surface area contributed by atoms with Gasteiger partial charge in [-0.2, -0.15) is 0 Å². The largest absolute Gasteiger partial charge is 0.238 e. The third kappa shape index (κ3) is 3.65. The molecule has 4 aromatic rings. The maximum Gasteiger partial charge on any atom is 0.224 e. The summed E-state index contributed by atoms with van der Waals surface area (Å²) in [5.74, 6) is 1.25. The molecule has 152 valence electrons. The van der Waals surface area contributed by atoms with Crippen molar-refractivity contribution in [2.45, 2.75) is 30.6 Å². The van der Waals surface area contributed by atoms with Crippen LogP contribution < -0.4 is 0 Å². The average molecular weight is 494 g/mol. The first kappa shape index (κ1) is 20.3. The SMILES string of the molecule is Cc1nc(Cl)cc(C2[C@@H](c3cccs3)C(c3cc(Cl)nc(Cl)n3)[C@@H]2c2cccs2)n1. The van der Waals surface area contributed by atoms with E-state index < -0.39 is 0 Å². The summed E-state index contributed by atoms with van der Waals surface area (Å²) >= 11 is 22.2. The summed E-state index contributed by atoms with van der Waals surface area (Å²) in [4.78, 5) is 20.2. The number of hydrogen-bond acceptors (Lipinski definition) is 6. The molecule has 0 bridgehead atoms. The summed E-state index contributed by atoms with van der Waals surface area (Å²) in [6.45, 7) is 1.87. The van der Waals surface area contributed by atoms with Crippen LogP contribution in [0.2, 0.25) is 15.6 Å². The third-order valence-corrected chi connectivity index (χ3v) is 7.99. The Labute approximate surface area is 196 Å². The number of rotatable bonds is 4. The van der Waals surface area contributed by atoms with Crippen molar-refractivity contribution >= 4 is 57.5 Å². The van der Waals surface area contributed by atoms with Crippen molar-refractivity contribution in [3.63, 3.8) is 0 Å². The van der Waals surface area contributed by atoms with Gasteiger partial charge in [0.1, 0.15) is 16.1 Å². The van der Waals surface area contributed by atoms with E-state index in [0.717, 1.165) is 11.4 Å². The molecule has 4 nitrogen and oxygen atoms in total.